The third-order valence-electron chi connectivity index (χ3n) is 4.38. The molecule has 1 saturated carbocycles. The number of methoxy groups -OCH3 is 1. The number of benzene rings is 1. The van der Waals surface area contributed by atoms with Gasteiger partial charge in [-0.3, -0.25) is 4.79 Å². The average molecular weight is 355 g/mol. The van der Waals surface area contributed by atoms with E-state index >= 15 is 0 Å². The second-order valence-corrected chi connectivity index (χ2v) is 7.61. The summed E-state index contributed by atoms with van der Waals surface area (Å²) in [4.78, 5) is 22.7. The Morgan fingerprint density at radius 1 is 1.21 bits per heavy atom. The molecule has 2 rings (SSSR count). The van der Waals surface area contributed by atoms with Crippen molar-refractivity contribution in [3.63, 3.8) is 0 Å². The van der Waals surface area contributed by atoms with Gasteiger partial charge in [0.1, 0.15) is 0 Å². The summed E-state index contributed by atoms with van der Waals surface area (Å²) in [6.45, 7) is 1.56. The molecule has 24 heavy (non-hydrogen) atoms. The van der Waals surface area contributed by atoms with Gasteiger partial charge in [-0.15, -0.1) is 0 Å². The van der Waals surface area contributed by atoms with E-state index < -0.39 is 27.9 Å². The van der Waals surface area contributed by atoms with Gasteiger partial charge in [0.05, 0.1) is 23.5 Å². The Morgan fingerprint density at radius 3 is 2.38 bits per heavy atom. The molecule has 1 aliphatic rings. The van der Waals surface area contributed by atoms with Gasteiger partial charge in [-0.05, 0) is 50.3 Å². The van der Waals surface area contributed by atoms with E-state index in [1.165, 1.54) is 25.3 Å². The van der Waals surface area contributed by atoms with Gasteiger partial charge < -0.3 is 9.84 Å². The lowest BCUT2D eigenvalue weighted by atomic mass is 9.87. The van der Waals surface area contributed by atoms with Crippen molar-refractivity contribution in [3.05, 3.63) is 29.3 Å². The van der Waals surface area contributed by atoms with Crippen molar-refractivity contribution in [2.45, 2.75) is 43.5 Å². The minimum atomic E-state index is -3.80. The predicted molar refractivity (Wildman–Crippen MR) is 86.2 cm³/mol. The molecule has 0 atom stereocenters. The average Bonchev–Trinajstić information content (AvgIpc) is 2.54. The highest BCUT2D eigenvalue weighted by Crippen LogP contribution is 2.26. The molecule has 0 radical (unpaired) electrons. The van der Waals surface area contributed by atoms with Gasteiger partial charge in [0, 0.05) is 6.04 Å². The first-order chi connectivity index (χ1) is 11.3. The van der Waals surface area contributed by atoms with Crippen molar-refractivity contribution >= 4 is 22.0 Å². The van der Waals surface area contributed by atoms with Crippen molar-refractivity contribution in [2.24, 2.45) is 5.92 Å². The van der Waals surface area contributed by atoms with Crippen LogP contribution in [0.3, 0.4) is 0 Å². The quantitative estimate of drug-likeness (QED) is 0.778. The van der Waals surface area contributed by atoms with Crippen LogP contribution < -0.4 is 4.72 Å². The van der Waals surface area contributed by atoms with Gasteiger partial charge in [-0.25, -0.2) is 17.9 Å². The van der Waals surface area contributed by atoms with E-state index in [0.29, 0.717) is 31.2 Å². The fraction of sp³-hybridized carbons (Fsp3) is 0.500. The monoisotopic (exact) mass is 355 g/mol. The Balaban J connectivity index is 2.17. The Bertz CT molecular complexity index is 735. The second kappa shape index (κ2) is 7.31. The second-order valence-electron chi connectivity index (χ2n) is 5.93. The van der Waals surface area contributed by atoms with Crippen LogP contribution in [0.15, 0.2) is 23.1 Å². The lowest BCUT2D eigenvalue weighted by Crippen LogP contribution is -2.39. The van der Waals surface area contributed by atoms with E-state index in [1.807, 2.05) is 0 Å². The molecular weight excluding hydrogens is 334 g/mol. The lowest BCUT2D eigenvalue weighted by Gasteiger charge is -2.27. The number of carbonyl (C=O) groups is 2. The van der Waals surface area contributed by atoms with Crippen LogP contribution in [0.5, 0.6) is 0 Å². The molecule has 0 aliphatic heterocycles. The SMILES string of the molecule is COC(=O)c1cccc(S(=O)(=O)NC2CCC(C(=O)O)CC2)c1C. The summed E-state index contributed by atoms with van der Waals surface area (Å²) in [6, 6.07) is 4.15. The smallest absolute Gasteiger partial charge is 0.338 e. The number of carboxylic acid groups (broad SMARTS) is 1. The number of rotatable bonds is 5. The van der Waals surface area contributed by atoms with E-state index in [9.17, 15) is 18.0 Å². The van der Waals surface area contributed by atoms with Crippen molar-refractivity contribution < 1.29 is 27.9 Å². The number of carboxylic acids is 1. The van der Waals surface area contributed by atoms with Gasteiger partial charge in [0.2, 0.25) is 10.0 Å². The van der Waals surface area contributed by atoms with Crippen molar-refractivity contribution in [3.8, 4) is 0 Å². The van der Waals surface area contributed by atoms with Crippen molar-refractivity contribution in [2.75, 3.05) is 7.11 Å². The summed E-state index contributed by atoms with van der Waals surface area (Å²) < 4.78 is 32.5. The zero-order valence-electron chi connectivity index (χ0n) is 13.6. The van der Waals surface area contributed by atoms with Crippen LogP contribution >= 0.6 is 0 Å². The fourth-order valence-corrected chi connectivity index (χ4v) is 4.55. The molecule has 0 bridgehead atoms. The summed E-state index contributed by atoms with van der Waals surface area (Å²) >= 11 is 0. The maximum absolute atomic E-state index is 12.6. The number of hydrogen-bond acceptors (Lipinski definition) is 5. The molecule has 0 saturated heterocycles. The summed E-state index contributed by atoms with van der Waals surface area (Å²) in [5.41, 5.74) is 0.533. The van der Waals surface area contributed by atoms with Gasteiger partial charge in [0.25, 0.3) is 0 Å². The van der Waals surface area contributed by atoms with E-state index in [2.05, 4.69) is 9.46 Å². The molecule has 0 aromatic heterocycles. The van der Waals surface area contributed by atoms with E-state index in [-0.39, 0.29) is 16.5 Å². The third kappa shape index (κ3) is 3.93. The molecule has 1 aromatic carbocycles. The molecule has 8 heteroatoms. The first kappa shape index (κ1) is 18.4. The Hall–Kier alpha value is -1.93. The number of nitrogens with one attached hydrogen (secondary N) is 1. The molecule has 0 amide bonds. The van der Waals surface area contributed by atoms with Gasteiger partial charge in [-0.1, -0.05) is 6.07 Å². The molecule has 0 heterocycles. The molecule has 1 aromatic rings. The molecule has 0 unspecified atom stereocenters. The number of ether oxygens (including phenoxy) is 1. The summed E-state index contributed by atoms with van der Waals surface area (Å²) in [5.74, 6) is -1.83. The first-order valence-corrected chi connectivity index (χ1v) is 9.17. The van der Waals surface area contributed by atoms with Crippen molar-refractivity contribution in [1.29, 1.82) is 0 Å². The highest BCUT2D eigenvalue weighted by Gasteiger charge is 2.30. The molecule has 0 spiro atoms. The summed E-state index contributed by atoms with van der Waals surface area (Å²) in [5, 5.41) is 8.99. The van der Waals surface area contributed by atoms with Crippen molar-refractivity contribution in [1.82, 2.24) is 4.72 Å². The Kier molecular flexibility index (Phi) is 5.61. The van der Waals surface area contributed by atoms with Crippen LogP contribution in [0, 0.1) is 12.8 Å². The Morgan fingerprint density at radius 2 is 1.83 bits per heavy atom. The number of sulfonamides is 1. The normalized spacial score (nSPS) is 21.2. The highest BCUT2D eigenvalue weighted by molar-refractivity contribution is 7.89. The maximum Gasteiger partial charge on any atom is 0.338 e. The maximum atomic E-state index is 12.6. The van der Waals surface area contributed by atoms with Crippen LogP contribution in [0.1, 0.15) is 41.6 Å². The largest absolute Gasteiger partial charge is 0.481 e. The van der Waals surface area contributed by atoms with E-state index in [1.54, 1.807) is 6.92 Å². The predicted octanol–water partition coefficient (Wildman–Crippen LogP) is 1.70. The zero-order valence-corrected chi connectivity index (χ0v) is 14.4. The van der Waals surface area contributed by atoms with Gasteiger partial charge in [-0.2, -0.15) is 0 Å². The molecular formula is C16H21NO6S. The first-order valence-electron chi connectivity index (χ1n) is 7.69. The van der Waals surface area contributed by atoms with Crippen LogP contribution in [0.2, 0.25) is 0 Å². The molecule has 1 fully saturated rings. The van der Waals surface area contributed by atoms with Crippen LogP contribution in [0.25, 0.3) is 0 Å². The van der Waals surface area contributed by atoms with Gasteiger partial charge >= 0.3 is 11.9 Å². The molecule has 1 aliphatic carbocycles. The number of carbonyl (C=O) groups excluding carboxylic acids is 1. The van der Waals surface area contributed by atoms with E-state index in [4.69, 9.17) is 5.11 Å². The summed E-state index contributed by atoms with van der Waals surface area (Å²) in [7, 11) is -2.56. The van der Waals surface area contributed by atoms with Crippen LogP contribution in [-0.4, -0.2) is 38.6 Å². The fourth-order valence-electron chi connectivity index (χ4n) is 2.98. The van der Waals surface area contributed by atoms with Gasteiger partial charge in [0.15, 0.2) is 0 Å². The molecule has 2 N–H and O–H groups in total. The summed E-state index contributed by atoms with van der Waals surface area (Å²) in [6.07, 6.45) is 1.85. The number of esters is 1. The Labute approximate surface area is 141 Å². The topological polar surface area (TPSA) is 110 Å². The van der Waals surface area contributed by atoms with E-state index in [0.717, 1.165) is 0 Å². The highest BCUT2D eigenvalue weighted by atomic mass is 32.2. The standard InChI is InChI=1S/C16H21NO6S/c1-10-13(16(20)23-2)4-3-5-14(10)24(21,22)17-12-8-6-11(7-9-12)15(18)19/h3-5,11-12,17H,6-9H2,1-2H3,(H,18,19). The molecule has 132 valence electrons. The lowest BCUT2D eigenvalue weighted by molar-refractivity contribution is -0.142. The number of hydrogen-bond donors (Lipinski definition) is 2. The third-order valence-corrected chi connectivity index (χ3v) is 6.04. The zero-order chi connectivity index (χ0) is 17.9. The number of aliphatic carboxylic acids is 1. The minimum absolute atomic E-state index is 0.0331. The molecule has 7 nitrogen and oxygen atoms in total. The minimum Gasteiger partial charge on any atom is -0.481 e. The van der Waals surface area contributed by atoms with Crippen LogP contribution in [-0.2, 0) is 19.6 Å². The van der Waals surface area contributed by atoms with Crippen LogP contribution in [0.4, 0.5) is 0 Å².